The molecule has 0 aliphatic heterocycles. The number of rotatable bonds is 0. The number of carbonyl (C=O) groups excluding carboxylic acids is 2. The van der Waals surface area contributed by atoms with Gasteiger partial charge in [-0.05, 0) is 20.8 Å². The van der Waals surface area contributed by atoms with Gasteiger partial charge in [-0.15, -0.1) is 0 Å². The third-order valence-corrected chi connectivity index (χ3v) is 0.788. The van der Waals surface area contributed by atoms with E-state index >= 15 is 0 Å². The van der Waals surface area contributed by atoms with Gasteiger partial charge in [0.1, 0.15) is 5.60 Å². The summed E-state index contributed by atoms with van der Waals surface area (Å²) in [7, 11) is 1.17. The first-order valence-electron chi connectivity index (χ1n) is 3.43. The number of nitrogens with one attached hydrogen (secondary N) is 1. The molecule has 1 radical (unpaired) electrons. The second kappa shape index (κ2) is 6.77. The summed E-state index contributed by atoms with van der Waals surface area (Å²) in [6.45, 7) is 5.09. The Balaban J connectivity index is 0. The van der Waals surface area contributed by atoms with Gasteiger partial charge in [0.25, 0.3) is 0 Å². The Kier molecular flexibility index (Phi) is 8.25. The molecule has 71 valence electrons. The zero-order valence-corrected chi connectivity index (χ0v) is 11.8. The number of amides is 2. The Bertz CT molecular complexity index is 187. The molecular formula is C7H13KNO4. The maximum absolute atomic E-state index is 10.8. The molecular weight excluding hydrogens is 201 g/mol. The van der Waals surface area contributed by atoms with E-state index in [9.17, 15) is 9.59 Å². The molecule has 0 fully saturated rings. The van der Waals surface area contributed by atoms with Crippen molar-refractivity contribution in [1.82, 2.24) is 5.32 Å². The largest absolute Gasteiger partial charge is 0.453 e. The second-order valence-corrected chi connectivity index (χ2v) is 3.12. The fourth-order valence-corrected chi connectivity index (χ4v) is 0.438. The topological polar surface area (TPSA) is 64.6 Å². The van der Waals surface area contributed by atoms with Crippen molar-refractivity contribution >= 4 is 63.6 Å². The summed E-state index contributed by atoms with van der Waals surface area (Å²) in [5.74, 6) is 0. The van der Waals surface area contributed by atoms with E-state index in [1.165, 1.54) is 7.11 Å². The van der Waals surface area contributed by atoms with E-state index in [1.54, 1.807) is 20.8 Å². The minimum absolute atomic E-state index is 0. The van der Waals surface area contributed by atoms with Gasteiger partial charge in [-0.3, -0.25) is 0 Å². The predicted molar refractivity (Wildman–Crippen MR) is 47.5 cm³/mol. The number of methoxy groups -OCH3 is 1. The Morgan fingerprint density at radius 2 is 1.62 bits per heavy atom. The van der Waals surface area contributed by atoms with Gasteiger partial charge in [0.2, 0.25) is 0 Å². The number of alkyl carbamates (subject to hydrolysis) is 2. The molecule has 13 heavy (non-hydrogen) atoms. The van der Waals surface area contributed by atoms with Gasteiger partial charge in [0, 0.05) is 51.4 Å². The quantitative estimate of drug-likeness (QED) is 0.608. The van der Waals surface area contributed by atoms with E-state index in [0.717, 1.165) is 0 Å². The molecule has 6 heteroatoms. The molecule has 0 aromatic heterocycles. The minimum atomic E-state index is -0.829. The number of ether oxygens (including phenoxy) is 2. The molecule has 2 amide bonds. The van der Waals surface area contributed by atoms with E-state index in [0.29, 0.717) is 0 Å². The molecule has 0 spiro atoms. The predicted octanol–water partition coefficient (Wildman–Crippen LogP) is 0.897. The van der Waals surface area contributed by atoms with Gasteiger partial charge in [0.15, 0.2) is 0 Å². The Labute approximate surface area is 120 Å². The Morgan fingerprint density at radius 3 is 1.92 bits per heavy atom. The summed E-state index contributed by atoms with van der Waals surface area (Å²) in [5, 5.41) is 1.86. The van der Waals surface area contributed by atoms with Crippen LogP contribution in [0.4, 0.5) is 9.59 Å². The van der Waals surface area contributed by atoms with Crippen molar-refractivity contribution in [2.45, 2.75) is 26.4 Å². The summed E-state index contributed by atoms with van der Waals surface area (Å²) in [6.07, 6.45) is -1.64. The van der Waals surface area contributed by atoms with Crippen LogP contribution in [0.5, 0.6) is 0 Å². The summed E-state index contributed by atoms with van der Waals surface area (Å²) in [6, 6.07) is 0. The van der Waals surface area contributed by atoms with Crippen LogP contribution >= 0.6 is 0 Å². The number of hydrogen-bond acceptors (Lipinski definition) is 4. The van der Waals surface area contributed by atoms with Gasteiger partial charge >= 0.3 is 12.2 Å². The van der Waals surface area contributed by atoms with E-state index in [4.69, 9.17) is 4.74 Å². The van der Waals surface area contributed by atoms with Crippen LogP contribution < -0.4 is 5.32 Å². The summed E-state index contributed by atoms with van der Waals surface area (Å²) >= 11 is 0. The molecule has 0 aliphatic carbocycles. The van der Waals surface area contributed by atoms with Crippen molar-refractivity contribution in [3.8, 4) is 0 Å². The molecule has 0 saturated heterocycles. The third-order valence-electron chi connectivity index (χ3n) is 0.788. The fraction of sp³-hybridized carbons (Fsp3) is 0.714. The SMILES string of the molecule is COC(=O)NC(=O)OC(C)(C)C.[K]. The number of carbonyl (C=O) groups is 2. The van der Waals surface area contributed by atoms with E-state index < -0.39 is 17.8 Å². The first kappa shape index (κ1) is 15.8. The van der Waals surface area contributed by atoms with Crippen LogP contribution in [0.3, 0.4) is 0 Å². The first-order chi connectivity index (χ1) is 5.35. The smallest absolute Gasteiger partial charge is 0.417 e. The molecule has 1 N–H and O–H groups in total. The standard InChI is InChI=1S/C7H13NO4.K/c1-7(2,3)12-6(10)8-5(9)11-4;/h1-4H3,(H,8,9,10);. The van der Waals surface area contributed by atoms with Gasteiger partial charge in [0.05, 0.1) is 7.11 Å². The number of imide groups is 1. The van der Waals surface area contributed by atoms with Crippen molar-refractivity contribution in [2.24, 2.45) is 0 Å². The zero-order chi connectivity index (χ0) is 9.78. The first-order valence-corrected chi connectivity index (χ1v) is 3.43. The monoisotopic (exact) mass is 214 g/mol. The molecule has 0 aromatic rings. The minimum Gasteiger partial charge on any atom is -0.453 e. The summed E-state index contributed by atoms with van der Waals surface area (Å²) in [4.78, 5) is 21.3. The fourth-order valence-electron chi connectivity index (χ4n) is 0.438. The maximum Gasteiger partial charge on any atom is 0.417 e. The third kappa shape index (κ3) is 10.3. The van der Waals surface area contributed by atoms with Crippen LogP contribution in [0.25, 0.3) is 0 Å². The van der Waals surface area contributed by atoms with Crippen LogP contribution in [-0.4, -0.2) is 76.3 Å². The molecule has 0 saturated carbocycles. The summed E-state index contributed by atoms with van der Waals surface area (Å²) < 4.78 is 8.94. The van der Waals surface area contributed by atoms with Crippen molar-refractivity contribution in [1.29, 1.82) is 0 Å². The molecule has 0 atom stereocenters. The van der Waals surface area contributed by atoms with Crippen LogP contribution in [0.1, 0.15) is 20.8 Å². The number of hydrogen-bond donors (Lipinski definition) is 1. The molecule has 0 unspecified atom stereocenters. The second-order valence-electron chi connectivity index (χ2n) is 3.12. The van der Waals surface area contributed by atoms with Crippen molar-refractivity contribution in [2.75, 3.05) is 7.11 Å². The van der Waals surface area contributed by atoms with Crippen LogP contribution in [0.2, 0.25) is 0 Å². The molecule has 0 bridgehead atoms. The average molecular weight is 214 g/mol. The molecule has 0 heterocycles. The van der Waals surface area contributed by atoms with E-state index in [2.05, 4.69) is 4.74 Å². The molecule has 0 aromatic carbocycles. The van der Waals surface area contributed by atoms with Crippen molar-refractivity contribution < 1.29 is 19.1 Å². The molecule has 5 nitrogen and oxygen atoms in total. The van der Waals surface area contributed by atoms with Gasteiger partial charge < -0.3 is 9.47 Å². The van der Waals surface area contributed by atoms with Crippen molar-refractivity contribution in [3.05, 3.63) is 0 Å². The van der Waals surface area contributed by atoms with E-state index in [-0.39, 0.29) is 51.4 Å². The van der Waals surface area contributed by atoms with Crippen LogP contribution in [0.15, 0.2) is 0 Å². The molecule has 0 rings (SSSR count). The Hall–Kier alpha value is 0.376. The normalized spacial score (nSPS) is 9.54. The van der Waals surface area contributed by atoms with Crippen LogP contribution in [0, 0.1) is 0 Å². The van der Waals surface area contributed by atoms with Crippen molar-refractivity contribution in [3.63, 3.8) is 0 Å². The van der Waals surface area contributed by atoms with Gasteiger partial charge in [-0.1, -0.05) is 0 Å². The average Bonchev–Trinajstić information content (AvgIpc) is 1.82. The van der Waals surface area contributed by atoms with Gasteiger partial charge in [-0.25, -0.2) is 14.9 Å². The van der Waals surface area contributed by atoms with Crippen LogP contribution in [-0.2, 0) is 9.47 Å². The maximum atomic E-state index is 10.8. The zero-order valence-electron chi connectivity index (χ0n) is 8.63. The Morgan fingerprint density at radius 1 is 1.15 bits per heavy atom. The molecule has 0 aliphatic rings. The summed E-state index contributed by atoms with van der Waals surface area (Å²) in [5.41, 5.74) is -0.613. The van der Waals surface area contributed by atoms with E-state index in [1.807, 2.05) is 5.32 Å². The van der Waals surface area contributed by atoms with Gasteiger partial charge in [-0.2, -0.15) is 0 Å².